The largest absolute Gasteiger partial charge is 0.497 e. The van der Waals surface area contributed by atoms with Gasteiger partial charge in [-0.15, -0.1) is 0 Å². The summed E-state index contributed by atoms with van der Waals surface area (Å²) in [6.45, 7) is 3.26. The SMILES string of the molecule is CCNC(=NCc1coc(-c2ccccc2)n1)NCC(O)c1cc(OC)cc(OC)c1. The average molecular weight is 425 g/mol. The Labute approximate surface area is 181 Å². The Bertz CT molecular complexity index is 966. The minimum absolute atomic E-state index is 0.260. The lowest BCUT2D eigenvalue weighted by atomic mass is 10.1. The van der Waals surface area contributed by atoms with Crippen LogP contribution in [0.1, 0.15) is 24.3 Å². The standard InChI is InChI=1S/C23H28N4O4/c1-4-24-23(25-13-18-15-31-22(27-18)16-8-6-5-7-9-16)26-14-21(28)17-10-19(29-2)12-20(11-17)30-3/h5-12,15,21,28H,4,13-14H2,1-3H3,(H2,24,25,26). The first-order valence-corrected chi connectivity index (χ1v) is 10.1. The van der Waals surface area contributed by atoms with E-state index < -0.39 is 6.10 Å². The zero-order valence-electron chi connectivity index (χ0n) is 18.0. The maximum absolute atomic E-state index is 10.6. The Morgan fingerprint density at radius 2 is 1.81 bits per heavy atom. The molecule has 0 aliphatic rings. The molecule has 164 valence electrons. The predicted molar refractivity (Wildman–Crippen MR) is 119 cm³/mol. The molecule has 0 saturated heterocycles. The summed E-state index contributed by atoms with van der Waals surface area (Å²) in [5.41, 5.74) is 2.32. The van der Waals surface area contributed by atoms with Crippen LogP contribution in [0.5, 0.6) is 11.5 Å². The van der Waals surface area contributed by atoms with Crippen molar-refractivity contribution in [1.29, 1.82) is 0 Å². The number of nitrogens with one attached hydrogen (secondary N) is 2. The first-order chi connectivity index (χ1) is 15.1. The summed E-state index contributed by atoms with van der Waals surface area (Å²) >= 11 is 0. The summed E-state index contributed by atoms with van der Waals surface area (Å²) in [4.78, 5) is 9.02. The Hall–Kier alpha value is -3.52. The minimum Gasteiger partial charge on any atom is -0.497 e. The van der Waals surface area contributed by atoms with E-state index in [0.717, 1.165) is 5.56 Å². The number of hydrogen-bond acceptors (Lipinski definition) is 6. The number of nitrogens with zero attached hydrogens (tertiary/aromatic N) is 2. The van der Waals surface area contributed by atoms with Gasteiger partial charge < -0.3 is 29.6 Å². The van der Waals surface area contributed by atoms with Crippen LogP contribution in [0.4, 0.5) is 0 Å². The Morgan fingerprint density at radius 3 is 2.45 bits per heavy atom. The molecule has 8 nitrogen and oxygen atoms in total. The maximum Gasteiger partial charge on any atom is 0.226 e. The number of hydrogen-bond donors (Lipinski definition) is 3. The molecule has 2 aromatic carbocycles. The number of methoxy groups -OCH3 is 2. The molecule has 1 unspecified atom stereocenters. The van der Waals surface area contributed by atoms with E-state index in [0.29, 0.717) is 47.7 Å². The second-order valence-corrected chi connectivity index (χ2v) is 6.75. The molecular formula is C23H28N4O4. The fourth-order valence-corrected chi connectivity index (χ4v) is 2.93. The molecule has 0 amide bonds. The van der Waals surface area contributed by atoms with Crippen molar-refractivity contribution in [2.75, 3.05) is 27.3 Å². The van der Waals surface area contributed by atoms with E-state index >= 15 is 0 Å². The van der Waals surface area contributed by atoms with Gasteiger partial charge >= 0.3 is 0 Å². The van der Waals surface area contributed by atoms with Gasteiger partial charge in [0.1, 0.15) is 23.5 Å². The summed E-state index contributed by atoms with van der Waals surface area (Å²) in [5.74, 6) is 2.37. The smallest absolute Gasteiger partial charge is 0.226 e. The Morgan fingerprint density at radius 1 is 1.10 bits per heavy atom. The summed E-state index contributed by atoms with van der Waals surface area (Å²) in [5, 5.41) is 16.9. The number of aliphatic hydroxyl groups excluding tert-OH is 1. The number of guanidine groups is 1. The molecule has 0 saturated carbocycles. The van der Waals surface area contributed by atoms with Crippen LogP contribution in [0.15, 0.2) is 64.2 Å². The van der Waals surface area contributed by atoms with Crippen molar-refractivity contribution in [3.63, 3.8) is 0 Å². The number of aromatic nitrogens is 1. The van der Waals surface area contributed by atoms with Crippen molar-refractivity contribution in [1.82, 2.24) is 15.6 Å². The van der Waals surface area contributed by atoms with E-state index in [1.54, 1.807) is 38.7 Å². The van der Waals surface area contributed by atoms with Crippen LogP contribution in [0.3, 0.4) is 0 Å². The topological polar surface area (TPSA) is 101 Å². The van der Waals surface area contributed by atoms with Gasteiger partial charge in [-0.2, -0.15) is 0 Å². The highest BCUT2D eigenvalue weighted by Crippen LogP contribution is 2.26. The van der Waals surface area contributed by atoms with Gasteiger partial charge in [-0.3, -0.25) is 0 Å². The number of rotatable bonds is 9. The predicted octanol–water partition coefficient (Wildman–Crippen LogP) is 3.15. The maximum atomic E-state index is 10.6. The van der Waals surface area contributed by atoms with Gasteiger partial charge in [0.25, 0.3) is 0 Å². The lowest BCUT2D eigenvalue weighted by molar-refractivity contribution is 0.180. The third-order valence-electron chi connectivity index (χ3n) is 4.54. The lowest BCUT2D eigenvalue weighted by Crippen LogP contribution is -2.39. The molecule has 1 atom stereocenters. The van der Waals surface area contributed by atoms with Crippen molar-refractivity contribution in [3.05, 3.63) is 66.1 Å². The normalized spacial score (nSPS) is 12.3. The summed E-state index contributed by atoms with van der Waals surface area (Å²) in [6.07, 6.45) is 0.830. The minimum atomic E-state index is -0.774. The Kier molecular flexibility index (Phi) is 7.89. The fraction of sp³-hybridized carbons (Fsp3) is 0.304. The van der Waals surface area contributed by atoms with Gasteiger partial charge in [-0.1, -0.05) is 18.2 Å². The monoisotopic (exact) mass is 424 g/mol. The highest BCUT2D eigenvalue weighted by Gasteiger charge is 2.12. The van der Waals surface area contributed by atoms with Crippen molar-refractivity contribution >= 4 is 5.96 Å². The van der Waals surface area contributed by atoms with Gasteiger partial charge in [0.05, 0.1) is 26.9 Å². The second kappa shape index (κ2) is 11.0. The van der Waals surface area contributed by atoms with E-state index in [9.17, 15) is 5.11 Å². The highest BCUT2D eigenvalue weighted by atomic mass is 16.5. The second-order valence-electron chi connectivity index (χ2n) is 6.75. The molecule has 0 fully saturated rings. The zero-order valence-corrected chi connectivity index (χ0v) is 18.0. The zero-order chi connectivity index (χ0) is 22.1. The average Bonchev–Trinajstić information content (AvgIpc) is 3.30. The molecule has 3 aromatic rings. The Balaban J connectivity index is 1.63. The number of oxazole rings is 1. The van der Waals surface area contributed by atoms with Gasteiger partial charge in [-0.25, -0.2) is 9.98 Å². The van der Waals surface area contributed by atoms with E-state index in [1.807, 2.05) is 37.3 Å². The molecule has 31 heavy (non-hydrogen) atoms. The van der Waals surface area contributed by atoms with Crippen LogP contribution < -0.4 is 20.1 Å². The van der Waals surface area contributed by atoms with Crippen LogP contribution in [0, 0.1) is 0 Å². The van der Waals surface area contributed by atoms with Crippen LogP contribution in [-0.4, -0.2) is 43.4 Å². The van der Waals surface area contributed by atoms with Gasteiger partial charge in [-0.05, 0) is 36.8 Å². The molecule has 0 radical (unpaired) electrons. The van der Waals surface area contributed by atoms with Crippen molar-refractivity contribution in [3.8, 4) is 23.0 Å². The molecule has 1 heterocycles. The third-order valence-corrected chi connectivity index (χ3v) is 4.54. The highest BCUT2D eigenvalue weighted by molar-refractivity contribution is 5.79. The van der Waals surface area contributed by atoms with Crippen molar-refractivity contribution in [2.24, 2.45) is 4.99 Å². The molecule has 0 aliphatic heterocycles. The summed E-state index contributed by atoms with van der Waals surface area (Å²) in [7, 11) is 3.15. The van der Waals surface area contributed by atoms with Gasteiger partial charge in [0.2, 0.25) is 5.89 Å². The van der Waals surface area contributed by atoms with Gasteiger partial charge in [0.15, 0.2) is 5.96 Å². The van der Waals surface area contributed by atoms with Crippen LogP contribution in [-0.2, 0) is 6.54 Å². The molecule has 0 aliphatic carbocycles. The molecule has 3 rings (SSSR count). The van der Waals surface area contributed by atoms with Crippen LogP contribution in [0.25, 0.3) is 11.5 Å². The molecule has 3 N–H and O–H groups in total. The molecule has 1 aromatic heterocycles. The van der Waals surface area contributed by atoms with Crippen molar-refractivity contribution in [2.45, 2.75) is 19.6 Å². The molecular weight excluding hydrogens is 396 g/mol. The quantitative estimate of drug-likeness (QED) is 0.358. The number of aliphatic hydroxyl groups is 1. The third kappa shape index (κ3) is 6.23. The van der Waals surface area contributed by atoms with E-state index in [2.05, 4.69) is 20.6 Å². The van der Waals surface area contributed by atoms with E-state index in [-0.39, 0.29) is 6.54 Å². The molecule has 0 spiro atoms. The molecule has 0 bridgehead atoms. The first kappa shape index (κ1) is 22.2. The summed E-state index contributed by atoms with van der Waals surface area (Å²) in [6, 6.07) is 15.0. The van der Waals surface area contributed by atoms with Gasteiger partial charge in [0, 0.05) is 24.7 Å². The lowest BCUT2D eigenvalue weighted by Gasteiger charge is -2.17. The van der Waals surface area contributed by atoms with E-state index in [4.69, 9.17) is 13.9 Å². The summed E-state index contributed by atoms with van der Waals surface area (Å²) < 4.78 is 16.1. The fourth-order valence-electron chi connectivity index (χ4n) is 2.93. The molecule has 8 heteroatoms. The first-order valence-electron chi connectivity index (χ1n) is 10.1. The number of aliphatic imine (C=N–C) groups is 1. The number of ether oxygens (including phenoxy) is 2. The number of benzene rings is 2. The van der Waals surface area contributed by atoms with E-state index in [1.165, 1.54) is 0 Å². The van der Waals surface area contributed by atoms with Crippen molar-refractivity contribution < 1.29 is 19.0 Å². The van der Waals surface area contributed by atoms with Crippen LogP contribution in [0.2, 0.25) is 0 Å². The van der Waals surface area contributed by atoms with Crippen LogP contribution >= 0.6 is 0 Å².